The minimum atomic E-state index is -0.0355. The summed E-state index contributed by atoms with van der Waals surface area (Å²) >= 11 is 0. The molecule has 0 spiro atoms. The van der Waals surface area contributed by atoms with Crippen LogP contribution in [0.4, 0.5) is 0 Å². The van der Waals surface area contributed by atoms with Gasteiger partial charge in [0.15, 0.2) is 0 Å². The first kappa shape index (κ1) is 10.2. The lowest BCUT2D eigenvalue weighted by atomic mass is 10.2. The van der Waals surface area contributed by atoms with Gasteiger partial charge in [0.25, 0.3) is 0 Å². The van der Waals surface area contributed by atoms with Gasteiger partial charge in [0.05, 0.1) is 12.6 Å². The minimum Gasteiger partial charge on any atom is -0.344 e. The molecule has 1 aromatic rings. The first-order valence-corrected chi connectivity index (χ1v) is 5.13. The molecule has 1 amide bonds. The van der Waals surface area contributed by atoms with Crippen molar-refractivity contribution in [3.8, 4) is 0 Å². The number of aromatic nitrogens is 2. The highest BCUT2D eigenvalue weighted by atomic mass is 16.2. The van der Waals surface area contributed by atoms with Crippen molar-refractivity contribution in [3.63, 3.8) is 0 Å². The average Bonchev–Trinajstić information content (AvgIpc) is 2.74. The Morgan fingerprint density at radius 2 is 2.40 bits per heavy atom. The maximum Gasteiger partial charge on any atom is 0.239 e. The lowest BCUT2D eigenvalue weighted by Gasteiger charge is -2.11. The van der Waals surface area contributed by atoms with Crippen LogP contribution in [0.1, 0.15) is 12.2 Å². The molecule has 0 radical (unpaired) electrons. The van der Waals surface area contributed by atoms with E-state index in [1.807, 2.05) is 24.9 Å². The minimum absolute atomic E-state index is 0.0355. The molecule has 15 heavy (non-hydrogen) atoms. The molecule has 1 aliphatic rings. The van der Waals surface area contributed by atoms with Gasteiger partial charge in [-0.2, -0.15) is 0 Å². The standard InChI is InChI=1S/C10H16N4O/c1-13-6-4-11-9(13)7-12-8-3-5-14(2)10(8)15/h4,6,8,12H,3,5,7H2,1-2H3. The number of amides is 1. The summed E-state index contributed by atoms with van der Waals surface area (Å²) in [5, 5.41) is 3.23. The summed E-state index contributed by atoms with van der Waals surface area (Å²) in [7, 11) is 3.79. The van der Waals surface area contributed by atoms with Crippen LogP contribution >= 0.6 is 0 Å². The molecule has 1 fully saturated rings. The van der Waals surface area contributed by atoms with Crippen molar-refractivity contribution in [2.45, 2.75) is 19.0 Å². The molecule has 2 rings (SSSR count). The van der Waals surface area contributed by atoms with Gasteiger partial charge in [-0.1, -0.05) is 0 Å². The molecule has 5 heteroatoms. The topological polar surface area (TPSA) is 50.2 Å². The highest BCUT2D eigenvalue weighted by molar-refractivity contribution is 5.83. The fourth-order valence-corrected chi connectivity index (χ4v) is 1.79. The molecule has 1 saturated heterocycles. The Morgan fingerprint density at radius 1 is 1.60 bits per heavy atom. The van der Waals surface area contributed by atoms with Crippen LogP contribution in [0.2, 0.25) is 0 Å². The summed E-state index contributed by atoms with van der Waals surface area (Å²) in [6.45, 7) is 1.49. The molecule has 1 aliphatic heterocycles. The lowest BCUT2D eigenvalue weighted by molar-refractivity contribution is -0.128. The van der Waals surface area contributed by atoms with E-state index < -0.39 is 0 Å². The number of likely N-dealkylation sites (tertiary alicyclic amines) is 1. The Balaban J connectivity index is 1.89. The normalized spacial score (nSPS) is 21.3. The van der Waals surface area contributed by atoms with E-state index in [0.717, 1.165) is 18.8 Å². The Labute approximate surface area is 89.1 Å². The van der Waals surface area contributed by atoms with E-state index >= 15 is 0 Å². The predicted molar refractivity (Wildman–Crippen MR) is 56.1 cm³/mol. The molecule has 0 bridgehead atoms. The van der Waals surface area contributed by atoms with Crippen molar-refractivity contribution in [2.75, 3.05) is 13.6 Å². The van der Waals surface area contributed by atoms with Gasteiger partial charge in [-0.05, 0) is 6.42 Å². The van der Waals surface area contributed by atoms with Crippen LogP contribution in [0.5, 0.6) is 0 Å². The number of likely N-dealkylation sites (N-methyl/N-ethyl adjacent to an activating group) is 1. The van der Waals surface area contributed by atoms with E-state index in [4.69, 9.17) is 0 Å². The maximum atomic E-state index is 11.6. The van der Waals surface area contributed by atoms with E-state index in [0.29, 0.717) is 6.54 Å². The second kappa shape index (κ2) is 4.02. The fourth-order valence-electron chi connectivity index (χ4n) is 1.79. The highest BCUT2D eigenvalue weighted by Crippen LogP contribution is 2.08. The summed E-state index contributed by atoms with van der Waals surface area (Å²) in [5.41, 5.74) is 0. The van der Waals surface area contributed by atoms with Crippen LogP contribution in [0.3, 0.4) is 0 Å². The van der Waals surface area contributed by atoms with E-state index in [1.54, 1.807) is 11.1 Å². The third kappa shape index (κ3) is 2.02. The molecular formula is C10H16N4O. The number of imidazole rings is 1. The highest BCUT2D eigenvalue weighted by Gasteiger charge is 2.28. The van der Waals surface area contributed by atoms with Crippen LogP contribution < -0.4 is 5.32 Å². The predicted octanol–water partition coefficient (Wildman–Crippen LogP) is -0.260. The second-order valence-electron chi connectivity index (χ2n) is 3.94. The number of carbonyl (C=O) groups excluding carboxylic acids is 1. The van der Waals surface area contributed by atoms with Crippen LogP contribution in [0, 0.1) is 0 Å². The summed E-state index contributed by atoms with van der Waals surface area (Å²) in [6.07, 6.45) is 4.55. The zero-order valence-corrected chi connectivity index (χ0v) is 9.10. The molecule has 0 aliphatic carbocycles. The van der Waals surface area contributed by atoms with Crippen LogP contribution in [-0.2, 0) is 18.4 Å². The maximum absolute atomic E-state index is 11.6. The molecule has 1 N–H and O–H groups in total. The fraction of sp³-hybridized carbons (Fsp3) is 0.600. The quantitative estimate of drug-likeness (QED) is 0.744. The van der Waals surface area contributed by atoms with Gasteiger partial charge < -0.3 is 9.47 Å². The van der Waals surface area contributed by atoms with Gasteiger partial charge in [-0.15, -0.1) is 0 Å². The molecule has 1 unspecified atom stereocenters. The van der Waals surface area contributed by atoms with Gasteiger partial charge >= 0.3 is 0 Å². The Morgan fingerprint density at radius 3 is 2.93 bits per heavy atom. The van der Waals surface area contributed by atoms with Crippen molar-refractivity contribution < 1.29 is 4.79 Å². The smallest absolute Gasteiger partial charge is 0.239 e. The number of aryl methyl sites for hydroxylation is 1. The molecular weight excluding hydrogens is 192 g/mol. The summed E-state index contributed by atoms with van der Waals surface area (Å²) in [5.74, 6) is 1.14. The SMILES string of the molecule is CN1CCC(NCc2nccn2C)C1=O. The largest absolute Gasteiger partial charge is 0.344 e. The number of rotatable bonds is 3. The van der Waals surface area contributed by atoms with E-state index in [2.05, 4.69) is 10.3 Å². The molecule has 1 aromatic heterocycles. The van der Waals surface area contributed by atoms with Crippen LogP contribution in [-0.4, -0.2) is 40.0 Å². The monoisotopic (exact) mass is 208 g/mol. The number of nitrogens with zero attached hydrogens (tertiary/aromatic N) is 3. The van der Waals surface area contributed by atoms with E-state index in [-0.39, 0.29) is 11.9 Å². The number of nitrogens with one attached hydrogen (secondary N) is 1. The van der Waals surface area contributed by atoms with Gasteiger partial charge in [0.1, 0.15) is 5.82 Å². The zero-order chi connectivity index (χ0) is 10.8. The van der Waals surface area contributed by atoms with Crippen LogP contribution in [0.15, 0.2) is 12.4 Å². The van der Waals surface area contributed by atoms with Crippen molar-refractivity contribution in [1.82, 2.24) is 19.8 Å². The summed E-state index contributed by atoms with van der Waals surface area (Å²) in [6, 6.07) is -0.0355. The number of hydrogen-bond acceptors (Lipinski definition) is 3. The molecule has 1 atom stereocenters. The van der Waals surface area contributed by atoms with Gasteiger partial charge in [0, 0.05) is 33.0 Å². The van der Waals surface area contributed by atoms with Crippen molar-refractivity contribution in [3.05, 3.63) is 18.2 Å². The Kier molecular flexibility index (Phi) is 2.73. The van der Waals surface area contributed by atoms with Crippen molar-refractivity contribution >= 4 is 5.91 Å². The van der Waals surface area contributed by atoms with Crippen molar-refractivity contribution in [2.24, 2.45) is 7.05 Å². The zero-order valence-electron chi connectivity index (χ0n) is 9.10. The molecule has 5 nitrogen and oxygen atoms in total. The molecule has 2 heterocycles. The van der Waals surface area contributed by atoms with Gasteiger partial charge in [-0.25, -0.2) is 4.98 Å². The first-order chi connectivity index (χ1) is 7.18. The van der Waals surface area contributed by atoms with Gasteiger partial charge in [-0.3, -0.25) is 10.1 Å². The van der Waals surface area contributed by atoms with Crippen molar-refractivity contribution in [1.29, 1.82) is 0 Å². The first-order valence-electron chi connectivity index (χ1n) is 5.13. The van der Waals surface area contributed by atoms with E-state index in [1.165, 1.54) is 0 Å². The number of hydrogen-bond donors (Lipinski definition) is 1. The Hall–Kier alpha value is -1.36. The summed E-state index contributed by atoms with van der Waals surface area (Å²) < 4.78 is 1.95. The van der Waals surface area contributed by atoms with E-state index in [9.17, 15) is 4.79 Å². The second-order valence-corrected chi connectivity index (χ2v) is 3.94. The lowest BCUT2D eigenvalue weighted by Crippen LogP contribution is -2.36. The number of carbonyl (C=O) groups is 1. The Bertz CT molecular complexity index is 360. The molecule has 82 valence electrons. The van der Waals surface area contributed by atoms with Crippen LogP contribution in [0.25, 0.3) is 0 Å². The average molecular weight is 208 g/mol. The molecule has 0 aromatic carbocycles. The van der Waals surface area contributed by atoms with Gasteiger partial charge in [0.2, 0.25) is 5.91 Å². The third-order valence-electron chi connectivity index (χ3n) is 2.86. The molecule has 0 saturated carbocycles. The third-order valence-corrected chi connectivity index (χ3v) is 2.86. The summed E-state index contributed by atoms with van der Waals surface area (Å²) in [4.78, 5) is 17.5.